The summed E-state index contributed by atoms with van der Waals surface area (Å²) in [5.74, 6) is 1.03. The SMILES string of the molecule is NC(=N/C(=N\Cn1c2ccccc2c2ccc3c(c4ccccc4n3-c3ccccc3)c21)c1ccccc1)c1ccc2c(c1)sc1ccccc12. The largest absolute Gasteiger partial charge is 0.383 e. The van der Waals surface area contributed by atoms with Crippen LogP contribution in [0.4, 0.5) is 0 Å². The molecule has 0 spiro atoms. The number of amidine groups is 2. The molecule has 5 nitrogen and oxygen atoms in total. The minimum absolute atomic E-state index is 0.365. The summed E-state index contributed by atoms with van der Waals surface area (Å²) in [5, 5.41) is 7.30. The van der Waals surface area contributed by atoms with E-state index in [-0.39, 0.29) is 0 Å². The Bertz CT molecular complexity index is 3000. The fourth-order valence-electron chi connectivity index (χ4n) is 7.58. The second-order valence-corrected chi connectivity index (χ2v) is 13.9. The third kappa shape index (κ3) is 4.76. The van der Waals surface area contributed by atoms with Crippen LogP contribution in [0.1, 0.15) is 11.1 Å². The van der Waals surface area contributed by atoms with Gasteiger partial charge in [0.25, 0.3) is 0 Å². The summed E-state index contributed by atoms with van der Waals surface area (Å²) in [6.07, 6.45) is 0. The fourth-order valence-corrected chi connectivity index (χ4v) is 8.72. The van der Waals surface area contributed by atoms with Crippen LogP contribution in [0.15, 0.2) is 174 Å². The molecule has 6 heteroatoms. The van der Waals surface area contributed by atoms with Gasteiger partial charge in [0.2, 0.25) is 0 Å². The number of nitrogens with zero attached hydrogens (tertiary/aromatic N) is 4. The van der Waals surface area contributed by atoms with Gasteiger partial charge in [-0.05, 0) is 42.5 Å². The molecule has 0 saturated heterocycles. The van der Waals surface area contributed by atoms with Crippen molar-refractivity contribution in [1.29, 1.82) is 0 Å². The summed E-state index contributed by atoms with van der Waals surface area (Å²) >= 11 is 1.78. The van der Waals surface area contributed by atoms with Crippen LogP contribution in [-0.4, -0.2) is 20.8 Å². The molecule has 0 aliphatic heterocycles. The topological polar surface area (TPSA) is 60.6 Å². The molecule has 3 aromatic heterocycles. The van der Waals surface area contributed by atoms with E-state index in [9.17, 15) is 0 Å². The van der Waals surface area contributed by atoms with Gasteiger partial charge in [-0.15, -0.1) is 11.3 Å². The molecule has 242 valence electrons. The minimum atomic E-state index is 0.365. The van der Waals surface area contributed by atoms with Crippen molar-refractivity contribution in [2.24, 2.45) is 15.7 Å². The molecule has 0 aliphatic carbocycles. The summed E-state index contributed by atoms with van der Waals surface area (Å²) in [6, 6.07) is 57.4. The maximum absolute atomic E-state index is 6.81. The van der Waals surface area contributed by atoms with Crippen molar-refractivity contribution in [3.63, 3.8) is 0 Å². The number of thiophene rings is 1. The van der Waals surface area contributed by atoms with E-state index in [0.29, 0.717) is 18.3 Å². The molecule has 0 amide bonds. The zero-order valence-electron chi connectivity index (χ0n) is 27.6. The van der Waals surface area contributed by atoms with E-state index >= 15 is 0 Å². The number of benzene rings is 7. The molecule has 0 saturated carbocycles. The summed E-state index contributed by atoms with van der Waals surface area (Å²) in [5.41, 5.74) is 14.3. The number of para-hydroxylation sites is 3. The lowest BCUT2D eigenvalue weighted by molar-refractivity contribution is 0.793. The van der Waals surface area contributed by atoms with Crippen molar-refractivity contribution in [3.05, 3.63) is 175 Å². The first-order chi connectivity index (χ1) is 25.2. The Morgan fingerprint density at radius 2 is 1.18 bits per heavy atom. The first-order valence-electron chi connectivity index (χ1n) is 17.1. The van der Waals surface area contributed by atoms with E-state index in [0.717, 1.165) is 33.4 Å². The summed E-state index contributed by atoms with van der Waals surface area (Å²) in [6.45, 7) is 0.365. The van der Waals surface area contributed by atoms with Gasteiger partial charge in [-0.2, -0.15) is 0 Å². The number of aromatic nitrogens is 2. The highest BCUT2D eigenvalue weighted by Crippen LogP contribution is 2.41. The predicted molar refractivity (Wildman–Crippen MR) is 217 cm³/mol. The van der Waals surface area contributed by atoms with E-state index in [1.165, 1.54) is 47.2 Å². The molecule has 0 bridgehead atoms. The molecular formula is C45H31N5S. The number of fused-ring (bicyclic) bond motifs is 10. The molecule has 0 radical (unpaired) electrons. The van der Waals surface area contributed by atoms with Crippen molar-refractivity contribution in [2.45, 2.75) is 6.67 Å². The molecule has 10 rings (SSSR count). The molecule has 2 N–H and O–H groups in total. The maximum atomic E-state index is 6.81. The second kappa shape index (κ2) is 11.8. The van der Waals surface area contributed by atoms with E-state index in [1.54, 1.807) is 11.3 Å². The highest BCUT2D eigenvalue weighted by atomic mass is 32.1. The third-order valence-electron chi connectivity index (χ3n) is 9.88. The Labute approximate surface area is 297 Å². The van der Waals surface area contributed by atoms with Crippen LogP contribution >= 0.6 is 11.3 Å². The van der Waals surface area contributed by atoms with Crippen LogP contribution in [0.5, 0.6) is 0 Å². The molecular weight excluding hydrogens is 643 g/mol. The summed E-state index contributed by atoms with van der Waals surface area (Å²) < 4.78 is 7.16. The van der Waals surface area contributed by atoms with Gasteiger partial charge in [0, 0.05) is 58.5 Å². The molecule has 10 aromatic rings. The Morgan fingerprint density at radius 1 is 0.529 bits per heavy atom. The van der Waals surface area contributed by atoms with Gasteiger partial charge < -0.3 is 14.9 Å². The van der Waals surface area contributed by atoms with Crippen LogP contribution < -0.4 is 5.73 Å². The van der Waals surface area contributed by atoms with Crippen LogP contribution in [0.25, 0.3) is 69.5 Å². The van der Waals surface area contributed by atoms with Crippen LogP contribution in [-0.2, 0) is 6.67 Å². The normalized spacial score (nSPS) is 12.7. The van der Waals surface area contributed by atoms with Crippen molar-refractivity contribution in [2.75, 3.05) is 0 Å². The predicted octanol–water partition coefficient (Wildman–Crippen LogP) is 11.1. The number of hydrogen-bond acceptors (Lipinski definition) is 2. The van der Waals surface area contributed by atoms with E-state index < -0.39 is 0 Å². The van der Waals surface area contributed by atoms with Gasteiger partial charge in [-0.25, -0.2) is 9.98 Å². The quantitative estimate of drug-likeness (QED) is 0.143. The Hall–Kier alpha value is -6.50. The van der Waals surface area contributed by atoms with Crippen LogP contribution in [0.2, 0.25) is 0 Å². The molecule has 0 unspecified atom stereocenters. The number of hydrogen-bond donors (Lipinski definition) is 1. The Balaban J connectivity index is 1.17. The molecule has 0 fully saturated rings. The lowest BCUT2D eigenvalue weighted by Crippen LogP contribution is -2.16. The van der Waals surface area contributed by atoms with E-state index in [2.05, 4.69) is 143 Å². The third-order valence-corrected chi connectivity index (χ3v) is 11.0. The van der Waals surface area contributed by atoms with Crippen molar-refractivity contribution < 1.29 is 0 Å². The number of rotatable bonds is 5. The first kappa shape index (κ1) is 29.4. The van der Waals surface area contributed by atoms with Crippen LogP contribution in [0.3, 0.4) is 0 Å². The average Bonchev–Trinajstić information content (AvgIpc) is 3.84. The van der Waals surface area contributed by atoms with Gasteiger partial charge in [0.1, 0.15) is 12.5 Å². The summed E-state index contributed by atoms with van der Waals surface area (Å²) in [7, 11) is 0. The van der Waals surface area contributed by atoms with Crippen molar-refractivity contribution >= 4 is 86.8 Å². The monoisotopic (exact) mass is 673 g/mol. The minimum Gasteiger partial charge on any atom is -0.383 e. The standard InChI is InChI=1S/C45H31N5S/c46-44(30-23-24-34-33-18-9-12-22-40(33)51-41(34)27-30)48-45(29-13-3-1-4-14-29)47-28-49-37-20-10-7-17-32(37)35-25-26-39-42(43(35)49)36-19-8-11-21-38(36)50(39)31-15-5-2-6-16-31/h1-27H,28H2,(H2,46,47,48). The maximum Gasteiger partial charge on any atom is 0.158 e. The van der Waals surface area contributed by atoms with Gasteiger partial charge in [-0.3, -0.25) is 0 Å². The van der Waals surface area contributed by atoms with Crippen LogP contribution in [0, 0.1) is 0 Å². The van der Waals surface area contributed by atoms with E-state index in [4.69, 9.17) is 15.7 Å². The molecule has 3 heterocycles. The lowest BCUT2D eigenvalue weighted by Gasteiger charge is -2.10. The first-order valence-corrected chi connectivity index (χ1v) is 17.9. The smallest absolute Gasteiger partial charge is 0.158 e. The second-order valence-electron chi connectivity index (χ2n) is 12.8. The number of aliphatic imine (C=N–C) groups is 2. The zero-order valence-corrected chi connectivity index (χ0v) is 28.4. The summed E-state index contributed by atoms with van der Waals surface area (Å²) in [4.78, 5) is 10.3. The van der Waals surface area contributed by atoms with Gasteiger partial charge in [-0.1, -0.05) is 121 Å². The fraction of sp³-hybridized carbons (Fsp3) is 0.0222. The lowest BCUT2D eigenvalue weighted by atomic mass is 10.1. The molecule has 0 aliphatic rings. The average molecular weight is 674 g/mol. The highest BCUT2D eigenvalue weighted by molar-refractivity contribution is 7.25. The Morgan fingerprint density at radius 3 is 2.00 bits per heavy atom. The van der Waals surface area contributed by atoms with Gasteiger partial charge in [0.15, 0.2) is 5.84 Å². The van der Waals surface area contributed by atoms with Gasteiger partial charge >= 0.3 is 0 Å². The van der Waals surface area contributed by atoms with Crippen molar-refractivity contribution in [1.82, 2.24) is 9.13 Å². The van der Waals surface area contributed by atoms with E-state index in [1.807, 2.05) is 30.3 Å². The molecule has 51 heavy (non-hydrogen) atoms. The molecule has 0 atom stereocenters. The van der Waals surface area contributed by atoms with Crippen molar-refractivity contribution in [3.8, 4) is 5.69 Å². The number of nitrogens with two attached hydrogens (primary N) is 1. The highest BCUT2D eigenvalue weighted by Gasteiger charge is 2.20. The van der Waals surface area contributed by atoms with Gasteiger partial charge in [0.05, 0.1) is 22.1 Å². The molecule has 7 aromatic carbocycles. The Kier molecular flexibility index (Phi) is 6.82. The zero-order chi connectivity index (χ0) is 33.9.